The van der Waals surface area contributed by atoms with E-state index >= 15 is 0 Å². The van der Waals surface area contributed by atoms with Gasteiger partial charge in [-0.2, -0.15) is 0 Å². The highest BCUT2D eigenvalue weighted by molar-refractivity contribution is 6.30. The number of hydrogen-bond acceptors (Lipinski definition) is 7. The first kappa shape index (κ1) is 23.8. The molecule has 8 heteroatoms. The topological polar surface area (TPSA) is 90.9 Å². The van der Waals surface area contributed by atoms with Crippen molar-refractivity contribution < 1.29 is 28.6 Å². The van der Waals surface area contributed by atoms with Gasteiger partial charge in [0, 0.05) is 10.9 Å². The van der Waals surface area contributed by atoms with E-state index in [4.69, 9.17) is 25.8 Å². The lowest BCUT2D eigenvalue weighted by Gasteiger charge is -2.35. The highest BCUT2D eigenvalue weighted by atomic mass is 35.5. The Morgan fingerprint density at radius 1 is 0.906 bits per heavy atom. The van der Waals surface area contributed by atoms with E-state index in [9.17, 15) is 14.4 Å². The summed E-state index contributed by atoms with van der Waals surface area (Å²) in [7, 11) is 1.26. The molecule has 1 saturated heterocycles. The third kappa shape index (κ3) is 4.10. The molecule has 0 amide bonds. The van der Waals surface area contributed by atoms with Crippen LogP contribution >= 0.6 is 11.6 Å². The number of hydrogen-bond donors (Lipinski definition) is 1. The summed E-state index contributed by atoms with van der Waals surface area (Å²) in [5, 5.41) is 3.66. The van der Waals surface area contributed by atoms with Gasteiger partial charge >= 0.3 is 17.9 Å². The van der Waals surface area contributed by atoms with Gasteiger partial charge in [0.15, 0.2) is 5.41 Å². The van der Waals surface area contributed by atoms with Crippen LogP contribution in [0, 0.1) is 5.41 Å². The average Bonchev–Trinajstić information content (AvgIpc) is 3.17. The molecule has 0 radical (unpaired) electrons. The fraction of sp³-hybridized carbons (Fsp3) is 0.375. The molecule has 32 heavy (non-hydrogen) atoms. The first-order chi connectivity index (χ1) is 15.4. The quantitative estimate of drug-likeness (QED) is 0.385. The molecule has 2 aromatic rings. The van der Waals surface area contributed by atoms with Crippen molar-refractivity contribution in [2.75, 3.05) is 20.3 Å². The molecule has 7 nitrogen and oxygen atoms in total. The van der Waals surface area contributed by atoms with E-state index in [0.717, 1.165) is 0 Å². The lowest BCUT2D eigenvalue weighted by Crippen LogP contribution is -2.49. The molecule has 0 aromatic heterocycles. The number of carbonyl (C=O) groups is 3. The van der Waals surface area contributed by atoms with Gasteiger partial charge in [-0.25, -0.2) is 0 Å². The molecule has 0 saturated carbocycles. The Balaban J connectivity index is 2.34. The smallest absolute Gasteiger partial charge is 0.326 e. The number of rotatable bonds is 7. The normalized spacial score (nSPS) is 21.6. The second-order valence-electron chi connectivity index (χ2n) is 7.35. The van der Waals surface area contributed by atoms with Gasteiger partial charge in [-0.15, -0.1) is 0 Å². The van der Waals surface area contributed by atoms with Crippen LogP contribution in [0.15, 0.2) is 54.6 Å². The Kier molecular flexibility index (Phi) is 7.53. The standard InChI is InChI=1S/C24H26ClNO6/c1-4-31-22(28)24(23(29)32-5-2)18(15-11-13-17(25)14-12-15)19(21(27)30-3)26-20(24)16-9-7-6-8-10-16/h6-14,18-20,26H,4-5H2,1-3H3/t18-,19+,20+/m1/s1. The highest BCUT2D eigenvalue weighted by Gasteiger charge is 2.69. The van der Waals surface area contributed by atoms with Gasteiger partial charge in [0.1, 0.15) is 6.04 Å². The van der Waals surface area contributed by atoms with E-state index in [1.54, 1.807) is 62.4 Å². The summed E-state index contributed by atoms with van der Waals surface area (Å²) in [5.74, 6) is -3.12. The summed E-state index contributed by atoms with van der Waals surface area (Å²) in [6, 6.07) is 13.7. The van der Waals surface area contributed by atoms with Crippen LogP contribution in [0.25, 0.3) is 0 Å². The average molecular weight is 460 g/mol. The van der Waals surface area contributed by atoms with E-state index in [1.165, 1.54) is 7.11 Å². The predicted octanol–water partition coefficient (Wildman–Crippen LogP) is 3.42. The maximum atomic E-state index is 13.6. The Bertz CT molecular complexity index is 944. The maximum absolute atomic E-state index is 13.6. The maximum Gasteiger partial charge on any atom is 0.326 e. The van der Waals surface area contributed by atoms with Crippen molar-refractivity contribution in [1.29, 1.82) is 0 Å². The zero-order valence-corrected chi connectivity index (χ0v) is 18.9. The van der Waals surface area contributed by atoms with Crippen LogP contribution in [0.2, 0.25) is 5.02 Å². The molecule has 1 aliphatic heterocycles. The lowest BCUT2D eigenvalue weighted by atomic mass is 9.66. The third-order valence-electron chi connectivity index (χ3n) is 5.67. The van der Waals surface area contributed by atoms with Gasteiger partial charge in [-0.3, -0.25) is 19.7 Å². The monoisotopic (exact) mass is 459 g/mol. The third-order valence-corrected chi connectivity index (χ3v) is 5.92. The minimum Gasteiger partial charge on any atom is -0.468 e. The number of benzene rings is 2. The number of carbonyl (C=O) groups excluding carboxylic acids is 3. The largest absolute Gasteiger partial charge is 0.468 e. The molecular weight excluding hydrogens is 434 g/mol. The molecule has 3 rings (SSSR count). The minimum absolute atomic E-state index is 0.0533. The van der Waals surface area contributed by atoms with Gasteiger partial charge in [0.2, 0.25) is 0 Å². The molecule has 1 fully saturated rings. The molecule has 0 bridgehead atoms. The highest BCUT2D eigenvalue weighted by Crippen LogP contribution is 2.55. The predicted molar refractivity (Wildman–Crippen MR) is 118 cm³/mol. The molecule has 1 N–H and O–H groups in total. The number of methoxy groups -OCH3 is 1. The van der Waals surface area contributed by atoms with Crippen molar-refractivity contribution in [2.24, 2.45) is 5.41 Å². The first-order valence-corrected chi connectivity index (χ1v) is 10.8. The summed E-state index contributed by atoms with van der Waals surface area (Å²) in [6.45, 7) is 3.42. The Morgan fingerprint density at radius 3 is 1.97 bits per heavy atom. The van der Waals surface area contributed by atoms with Crippen LogP contribution in [0.3, 0.4) is 0 Å². The van der Waals surface area contributed by atoms with Crippen LogP contribution in [-0.4, -0.2) is 44.3 Å². The van der Waals surface area contributed by atoms with Crippen LogP contribution in [-0.2, 0) is 28.6 Å². The molecular formula is C24H26ClNO6. The SMILES string of the molecule is CCOC(=O)C1(C(=O)OCC)[C@H](c2ccc(Cl)cc2)[C@@H](C(=O)OC)N[C@H]1c1ccccc1. The Labute approximate surface area is 192 Å². The van der Waals surface area contributed by atoms with Crippen molar-refractivity contribution in [1.82, 2.24) is 5.32 Å². The molecule has 0 unspecified atom stereocenters. The number of nitrogens with one attached hydrogen (secondary N) is 1. The fourth-order valence-corrected chi connectivity index (χ4v) is 4.51. The van der Waals surface area contributed by atoms with Crippen molar-refractivity contribution >= 4 is 29.5 Å². The minimum atomic E-state index is -1.87. The summed E-state index contributed by atoms with van der Waals surface area (Å²) >= 11 is 6.07. The van der Waals surface area contributed by atoms with Crippen LogP contribution in [0.1, 0.15) is 36.9 Å². The van der Waals surface area contributed by atoms with E-state index in [-0.39, 0.29) is 13.2 Å². The summed E-state index contributed by atoms with van der Waals surface area (Å²) in [6.07, 6.45) is 0. The van der Waals surface area contributed by atoms with Crippen molar-refractivity contribution in [3.8, 4) is 0 Å². The van der Waals surface area contributed by atoms with Crippen LogP contribution < -0.4 is 5.32 Å². The second-order valence-corrected chi connectivity index (χ2v) is 7.79. The van der Waals surface area contributed by atoms with E-state index in [2.05, 4.69) is 5.32 Å². The first-order valence-electron chi connectivity index (χ1n) is 10.4. The van der Waals surface area contributed by atoms with Crippen molar-refractivity contribution in [2.45, 2.75) is 31.8 Å². The van der Waals surface area contributed by atoms with Gasteiger partial charge in [-0.05, 0) is 37.1 Å². The van der Waals surface area contributed by atoms with Gasteiger partial charge in [-0.1, -0.05) is 54.1 Å². The number of halogens is 1. The summed E-state index contributed by atoms with van der Waals surface area (Å²) < 4.78 is 15.9. The van der Waals surface area contributed by atoms with E-state index < -0.39 is 41.3 Å². The molecule has 1 aliphatic rings. The number of ether oxygens (including phenoxy) is 3. The summed E-state index contributed by atoms with van der Waals surface area (Å²) in [5.41, 5.74) is -0.684. The van der Waals surface area contributed by atoms with E-state index in [1.807, 2.05) is 6.07 Å². The molecule has 3 atom stereocenters. The second kappa shape index (κ2) is 10.1. The molecule has 1 heterocycles. The van der Waals surface area contributed by atoms with Crippen molar-refractivity contribution in [3.63, 3.8) is 0 Å². The Hall–Kier alpha value is -2.90. The summed E-state index contributed by atoms with van der Waals surface area (Å²) in [4.78, 5) is 40.1. The van der Waals surface area contributed by atoms with Crippen LogP contribution in [0.4, 0.5) is 0 Å². The van der Waals surface area contributed by atoms with E-state index in [0.29, 0.717) is 16.1 Å². The van der Waals surface area contributed by atoms with Crippen molar-refractivity contribution in [3.05, 3.63) is 70.7 Å². The van der Waals surface area contributed by atoms with Gasteiger partial charge in [0.25, 0.3) is 0 Å². The molecule has 0 aliphatic carbocycles. The Morgan fingerprint density at radius 2 is 1.47 bits per heavy atom. The van der Waals surface area contributed by atoms with Gasteiger partial charge < -0.3 is 14.2 Å². The molecule has 2 aromatic carbocycles. The lowest BCUT2D eigenvalue weighted by molar-refractivity contribution is -0.174. The van der Waals surface area contributed by atoms with Crippen LogP contribution in [0.5, 0.6) is 0 Å². The zero-order chi connectivity index (χ0) is 23.3. The number of esters is 3. The molecule has 170 valence electrons. The fourth-order valence-electron chi connectivity index (χ4n) is 4.38. The molecule has 0 spiro atoms. The zero-order valence-electron chi connectivity index (χ0n) is 18.2. The van der Waals surface area contributed by atoms with Gasteiger partial charge in [0.05, 0.1) is 26.4 Å².